The molecular formula is C12H17N3O5. The van der Waals surface area contributed by atoms with Crippen molar-refractivity contribution in [2.45, 2.75) is 37.8 Å². The number of carboxylic acids is 1. The Morgan fingerprint density at radius 1 is 1.50 bits per heavy atom. The van der Waals surface area contributed by atoms with Crippen molar-refractivity contribution in [2.75, 3.05) is 7.11 Å². The third-order valence-electron chi connectivity index (χ3n) is 3.63. The number of hydrogen-bond acceptors (Lipinski definition) is 6. The molecule has 0 saturated heterocycles. The molecule has 8 nitrogen and oxygen atoms in total. The van der Waals surface area contributed by atoms with Gasteiger partial charge in [0, 0.05) is 0 Å². The lowest BCUT2D eigenvalue weighted by Gasteiger charge is -2.34. The molecule has 0 aromatic carbocycles. The minimum Gasteiger partial charge on any atom is -0.481 e. The lowest BCUT2D eigenvalue weighted by molar-refractivity contribution is -0.145. The smallest absolute Gasteiger partial charge is 0.377 e. The molecule has 0 unspecified atom stereocenters. The van der Waals surface area contributed by atoms with Crippen molar-refractivity contribution in [3.8, 4) is 0 Å². The first-order valence-corrected chi connectivity index (χ1v) is 6.36. The van der Waals surface area contributed by atoms with Gasteiger partial charge in [0.25, 0.3) is 5.82 Å². The second kappa shape index (κ2) is 5.58. The van der Waals surface area contributed by atoms with Crippen LogP contribution in [0.2, 0.25) is 0 Å². The number of aromatic nitrogens is 3. The number of aliphatic carboxylic acids is 1. The molecule has 1 aromatic rings. The number of methoxy groups -OCH3 is 1. The number of carboxylic acid groups (broad SMARTS) is 1. The molecule has 1 aromatic heterocycles. The fourth-order valence-corrected chi connectivity index (χ4v) is 2.42. The molecule has 8 heteroatoms. The zero-order valence-corrected chi connectivity index (χ0v) is 11.2. The number of rotatable bonds is 4. The third kappa shape index (κ3) is 3.13. The van der Waals surface area contributed by atoms with Crippen LogP contribution in [0.3, 0.4) is 0 Å². The molecule has 0 amide bonds. The van der Waals surface area contributed by atoms with Crippen molar-refractivity contribution >= 4 is 11.9 Å². The Kier molecular flexibility index (Phi) is 4.03. The van der Waals surface area contributed by atoms with Gasteiger partial charge < -0.3 is 14.9 Å². The van der Waals surface area contributed by atoms with Gasteiger partial charge in [-0.25, -0.2) is 14.5 Å². The average molecular weight is 283 g/mol. The number of hydrogen-bond donors (Lipinski definition) is 2. The van der Waals surface area contributed by atoms with Gasteiger partial charge in [-0.15, -0.1) is 5.10 Å². The number of nitrogens with zero attached hydrogens (tertiary/aromatic N) is 3. The maximum atomic E-state index is 11.2. The highest BCUT2D eigenvalue weighted by Crippen LogP contribution is 2.33. The molecule has 0 bridgehead atoms. The SMILES string of the molecule is COC(=O)c1ncn(CC2(O)CCC(C(=O)O)CC2)n1. The van der Waals surface area contributed by atoms with Gasteiger partial charge in [0.1, 0.15) is 6.33 Å². The summed E-state index contributed by atoms with van der Waals surface area (Å²) in [6, 6.07) is 0. The normalized spacial score (nSPS) is 26.2. The monoisotopic (exact) mass is 283 g/mol. The summed E-state index contributed by atoms with van der Waals surface area (Å²) in [5, 5.41) is 23.3. The van der Waals surface area contributed by atoms with Crippen molar-refractivity contribution in [3.05, 3.63) is 12.2 Å². The van der Waals surface area contributed by atoms with E-state index in [1.54, 1.807) is 0 Å². The van der Waals surface area contributed by atoms with Gasteiger partial charge in [0.15, 0.2) is 0 Å². The summed E-state index contributed by atoms with van der Waals surface area (Å²) in [6.45, 7) is 0.184. The first-order valence-electron chi connectivity index (χ1n) is 6.36. The largest absolute Gasteiger partial charge is 0.481 e. The highest BCUT2D eigenvalue weighted by atomic mass is 16.5. The summed E-state index contributed by atoms with van der Waals surface area (Å²) in [5.41, 5.74) is -1.01. The van der Waals surface area contributed by atoms with Crippen molar-refractivity contribution in [1.82, 2.24) is 14.8 Å². The van der Waals surface area contributed by atoms with Crippen LogP contribution in [-0.2, 0) is 16.1 Å². The van der Waals surface area contributed by atoms with Crippen LogP contribution >= 0.6 is 0 Å². The van der Waals surface area contributed by atoms with Crippen LogP contribution in [0.15, 0.2) is 6.33 Å². The predicted octanol–water partition coefficient (Wildman–Crippen LogP) is 0.0706. The van der Waals surface area contributed by atoms with Crippen LogP contribution < -0.4 is 0 Å². The average Bonchev–Trinajstić information content (AvgIpc) is 2.86. The van der Waals surface area contributed by atoms with E-state index < -0.39 is 23.5 Å². The molecule has 0 spiro atoms. The van der Waals surface area contributed by atoms with E-state index in [1.165, 1.54) is 18.1 Å². The van der Waals surface area contributed by atoms with E-state index in [2.05, 4.69) is 14.8 Å². The number of ether oxygens (including phenoxy) is 1. The van der Waals surface area contributed by atoms with Gasteiger partial charge in [-0.05, 0) is 25.7 Å². The van der Waals surface area contributed by atoms with E-state index in [-0.39, 0.29) is 12.4 Å². The highest BCUT2D eigenvalue weighted by molar-refractivity contribution is 5.84. The molecule has 1 saturated carbocycles. The quantitative estimate of drug-likeness (QED) is 0.751. The summed E-state index contributed by atoms with van der Waals surface area (Å²) in [7, 11) is 1.24. The Morgan fingerprint density at radius 3 is 2.70 bits per heavy atom. The molecule has 20 heavy (non-hydrogen) atoms. The second-order valence-electron chi connectivity index (χ2n) is 5.09. The van der Waals surface area contributed by atoms with Gasteiger partial charge in [-0.2, -0.15) is 0 Å². The molecule has 110 valence electrons. The molecule has 2 N–H and O–H groups in total. The molecule has 0 radical (unpaired) electrons. The molecule has 1 heterocycles. The van der Waals surface area contributed by atoms with Crippen LogP contribution in [0, 0.1) is 5.92 Å². The maximum Gasteiger partial charge on any atom is 0.377 e. The minimum absolute atomic E-state index is 0.0599. The first kappa shape index (κ1) is 14.4. The van der Waals surface area contributed by atoms with Crippen LogP contribution in [0.4, 0.5) is 0 Å². The molecule has 0 atom stereocenters. The van der Waals surface area contributed by atoms with Crippen LogP contribution in [0.5, 0.6) is 0 Å². The van der Waals surface area contributed by atoms with Crippen molar-refractivity contribution in [1.29, 1.82) is 0 Å². The van der Waals surface area contributed by atoms with E-state index in [0.717, 1.165) is 0 Å². The molecular weight excluding hydrogens is 266 g/mol. The Morgan fingerprint density at radius 2 is 2.15 bits per heavy atom. The number of esters is 1. The first-order chi connectivity index (χ1) is 9.43. The summed E-state index contributed by atoms with van der Waals surface area (Å²) in [6.07, 6.45) is 3.00. The van der Waals surface area contributed by atoms with Crippen LogP contribution in [0.25, 0.3) is 0 Å². The minimum atomic E-state index is -1.01. The second-order valence-corrected chi connectivity index (χ2v) is 5.09. The number of aliphatic hydroxyl groups is 1. The van der Waals surface area contributed by atoms with E-state index in [0.29, 0.717) is 25.7 Å². The van der Waals surface area contributed by atoms with E-state index in [9.17, 15) is 14.7 Å². The zero-order valence-electron chi connectivity index (χ0n) is 11.2. The van der Waals surface area contributed by atoms with E-state index in [1.807, 2.05) is 0 Å². The maximum absolute atomic E-state index is 11.2. The van der Waals surface area contributed by atoms with Gasteiger partial charge in [0.05, 0.1) is 25.2 Å². The summed E-state index contributed by atoms with van der Waals surface area (Å²) in [5.74, 6) is -1.90. The Balaban J connectivity index is 1.98. The van der Waals surface area contributed by atoms with Crippen molar-refractivity contribution in [2.24, 2.45) is 5.92 Å². The van der Waals surface area contributed by atoms with Gasteiger partial charge in [-0.1, -0.05) is 0 Å². The number of carbonyl (C=O) groups excluding carboxylic acids is 1. The molecule has 2 rings (SSSR count). The van der Waals surface area contributed by atoms with Crippen LogP contribution in [-0.4, -0.2) is 49.6 Å². The fourth-order valence-electron chi connectivity index (χ4n) is 2.42. The lowest BCUT2D eigenvalue weighted by atomic mass is 9.79. The highest BCUT2D eigenvalue weighted by Gasteiger charge is 2.36. The summed E-state index contributed by atoms with van der Waals surface area (Å²) in [4.78, 5) is 25.9. The van der Waals surface area contributed by atoms with E-state index >= 15 is 0 Å². The lowest BCUT2D eigenvalue weighted by Crippen LogP contribution is -2.40. The molecule has 1 aliphatic carbocycles. The zero-order chi connectivity index (χ0) is 14.8. The van der Waals surface area contributed by atoms with Gasteiger partial charge >= 0.3 is 11.9 Å². The Hall–Kier alpha value is -1.96. The molecule has 1 aliphatic rings. The van der Waals surface area contributed by atoms with Gasteiger partial charge in [-0.3, -0.25) is 4.79 Å². The summed E-state index contributed by atoms with van der Waals surface area (Å²) >= 11 is 0. The molecule has 1 fully saturated rings. The third-order valence-corrected chi connectivity index (χ3v) is 3.63. The molecule has 0 aliphatic heterocycles. The van der Waals surface area contributed by atoms with Crippen LogP contribution in [0.1, 0.15) is 36.3 Å². The van der Waals surface area contributed by atoms with Crippen molar-refractivity contribution < 1.29 is 24.5 Å². The topological polar surface area (TPSA) is 115 Å². The fraction of sp³-hybridized carbons (Fsp3) is 0.667. The van der Waals surface area contributed by atoms with Crippen molar-refractivity contribution in [3.63, 3.8) is 0 Å². The van der Waals surface area contributed by atoms with E-state index in [4.69, 9.17) is 5.11 Å². The standard InChI is InChI=1S/C12H17N3O5/c1-20-11(18)9-13-7-15(14-9)6-12(19)4-2-8(3-5-12)10(16)17/h7-8,19H,2-6H2,1H3,(H,16,17). The predicted molar refractivity (Wildman–Crippen MR) is 65.9 cm³/mol. The number of carbonyl (C=O) groups is 2. The Bertz CT molecular complexity index is 505. The summed E-state index contributed by atoms with van der Waals surface area (Å²) < 4.78 is 5.88. The Labute approximate surface area is 115 Å². The van der Waals surface area contributed by atoms with Gasteiger partial charge in [0.2, 0.25) is 0 Å².